The van der Waals surface area contributed by atoms with Crippen molar-refractivity contribution in [2.75, 3.05) is 6.54 Å². The highest BCUT2D eigenvalue weighted by molar-refractivity contribution is 5.36. The molecule has 1 aromatic rings. The maximum atomic E-state index is 3.75. The van der Waals surface area contributed by atoms with E-state index in [2.05, 4.69) is 51.2 Å². The van der Waals surface area contributed by atoms with E-state index in [4.69, 9.17) is 0 Å². The predicted octanol–water partition coefficient (Wildman–Crippen LogP) is 4.00. The van der Waals surface area contributed by atoms with Crippen LogP contribution in [0.25, 0.3) is 0 Å². The quantitative estimate of drug-likeness (QED) is 0.807. The van der Waals surface area contributed by atoms with Crippen LogP contribution in [-0.4, -0.2) is 6.54 Å². The van der Waals surface area contributed by atoms with Crippen LogP contribution < -0.4 is 5.32 Å². The van der Waals surface area contributed by atoms with Crippen LogP contribution in [0.2, 0.25) is 0 Å². The maximum absolute atomic E-state index is 3.75. The first-order valence-electron chi connectivity index (χ1n) is 6.94. The molecule has 1 fully saturated rings. The first-order chi connectivity index (χ1) is 8.15. The number of nitrogens with one attached hydrogen (secondary N) is 1. The predicted molar refractivity (Wildman–Crippen MR) is 74.2 cm³/mol. The van der Waals surface area contributed by atoms with Crippen molar-refractivity contribution < 1.29 is 0 Å². The monoisotopic (exact) mass is 231 g/mol. The van der Waals surface area contributed by atoms with Gasteiger partial charge in [0.15, 0.2) is 0 Å². The summed E-state index contributed by atoms with van der Waals surface area (Å²) in [5.41, 5.74) is 4.41. The van der Waals surface area contributed by atoms with Crippen LogP contribution >= 0.6 is 0 Å². The fourth-order valence-electron chi connectivity index (χ4n) is 2.72. The summed E-state index contributed by atoms with van der Waals surface area (Å²) in [5, 5.41) is 3.75. The van der Waals surface area contributed by atoms with Gasteiger partial charge in [0.1, 0.15) is 0 Å². The van der Waals surface area contributed by atoms with Gasteiger partial charge in [0.05, 0.1) is 0 Å². The van der Waals surface area contributed by atoms with E-state index in [0.29, 0.717) is 6.04 Å². The highest BCUT2D eigenvalue weighted by Crippen LogP contribution is 2.47. The Morgan fingerprint density at radius 2 is 2.06 bits per heavy atom. The van der Waals surface area contributed by atoms with Crippen LogP contribution in [0.3, 0.4) is 0 Å². The summed E-state index contributed by atoms with van der Waals surface area (Å²) >= 11 is 0. The molecular weight excluding hydrogens is 206 g/mol. The molecule has 0 amide bonds. The van der Waals surface area contributed by atoms with Crippen LogP contribution in [0, 0.1) is 25.7 Å². The normalized spacial score (nSPS) is 24.7. The van der Waals surface area contributed by atoms with Crippen molar-refractivity contribution in [1.29, 1.82) is 0 Å². The van der Waals surface area contributed by atoms with Gasteiger partial charge >= 0.3 is 0 Å². The third-order valence-electron chi connectivity index (χ3n) is 4.20. The molecule has 0 heterocycles. The Kier molecular flexibility index (Phi) is 3.88. The Bertz CT molecular complexity index is 383. The van der Waals surface area contributed by atoms with Gasteiger partial charge in [0.2, 0.25) is 0 Å². The topological polar surface area (TPSA) is 12.0 Å². The molecule has 0 aliphatic heterocycles. The van der Waals surface area contributed by atoms with E-state index < -0.39 is 0 Å². The molecular formula is C16H25N. The van der Waals surface area contributed by atoms with E-state index in [1.165, 1.54) is 29.5 Å². The van der Waals surface area contributed by atoms with Gasteiger partial charge in [-0.3, -0.25) is 0 Å². The Morgan fingerprint density at radius 3 is 2.65 bits per heavy atom. The Balaban J connectivity index is 2.22. The summed E-state index contributed by atoms with van der Waals surface area (Å²) in [7, 11) is 0. The molecule has 0 saturated heterocycles. The highest BCUT2D eigenvalue weighted by atomic mass is 14.9. The van der Waals surface area contributed by atoms with E-state index in [9.17, 15) is 0 Å². The first kappa shape index (κ1) is 12.6. The van der Waals surface area contributed by atoms with E-state index in [1.807, 2.05) is 0 Å². The molecule has 1 heteroatoms. The summed E-state index contributed by atoms with van der Waals surface area (Å²) < 4.78 is 0. The van der Waals surface area contributed by atoms with Crippen LogP contribution in [0.15, 0.2) is 18.2 Å². The third kappa shape index (κ3) is 2.71. The zero-order valence-electron chi connectivity index (χ0n) is 11.6. The lowest BCUT2D eigenvalue weighted by Crippen LogP contribution is -2.25. The lowest BCUT2D eigenvalue weighted by atomic mass is 9.94. The molecule has 0 radical (unpaired) electrons. The van der Waals surface area contributed by atoms with Gasteiger partial charge in [-0.15, -0.1) is 0 Å². The van der Waals surface area contributed by atoms with Gasteiger partial charge in [-0.1, -0.05) is 32.0 Å². The van der Waals surface area contributed by atoms with Crippen molar-refractivity contribution in [2.24, 2.45) is 11.8 Å². The molecule has 1 aliphatic carbocycles. The summed E-state index contributed by atoms with van der Waals surface area (Å²) in [6, 6.07) is 7.29. The highest BCUT2D eigenvalue weighted by Gasteiger charge is 2.40. The Hall–Kier alpha value is -0.820. The zero-order valence-corrected chi connectivity index (χ0v) is 11.6. The van der Waals surface area contributed by atoms with Gasteiger partial charge in [0.25, 0.3) is 0 Å². The molecule has 1 saturated carbocycles. The van der Waals surface area contributed by atoms with Crippen molar-refractivity contribution in [2.45, 2.75) is 46.6 Å². The van der Waals surface area contributed by atoms with Crippen LogP contribution in [0.5, 0.6) is 0 Å². The number of hydrogen-bond acceptors (Lipinski definition) is 1. The second-order valence-corrected chi connectivity index (χ2v) is 5.60. The first-order valence-corrected chi connectivity index (χ1v) is 6.94. The second kappa shape index (κ2) is 5.22. The average molecular weight is 231 g/mol. The molecule has 3 unspecified atom stereocenters. The molecule has 94 valence electrons. The summed E-state index contributed by atoms with van der Waals surface area (Å²) in [6.45, 7) is 10.2. The zero-order chi connectivity index (χ0) is 12.4. The smallest absolute Gasteiger partial charge is 0.0354 e. The Labute approximate surface area is 106 Å². The van der Waals surface area contributed by atoms with Crippen LogP contribution in [-0.2, 0) is 0 Å². The number of hydrogen-bond donors (Lipinski definition) is 1. The van der Waals surface area contributed by atoms with E-state index >= 15 is 0 Å². The molecule has 0 bridgehead atoms. The Morgan fingerprint density at radius 1 is 1.35 bits per heavy atom. The number of aryl methyl sites for hydroxylation is 1. The minimum absolute atomic E-state index is 0.574. The molecule has 1 aliphatic rings. The second-order valence-electron chi connectivity index (χ2n) is 5.60. The molecule has 17 heavy (non-hydrogen) atoms. The molecule has 0 spiro atoms. The van der Waals surface area contributed by atoms with Crippen molar-refractivity contribution in [1.82, 2.24) is 5.32 Å². The van der Waals surface area contributed by atoms with Gasteiger partial charge in [-0.05, 0) is 61.8 Å². The van der Waals surface area contributed by atoms with Gasteiger partial charge in [-0.25, -0.2) is 0 Å². The molecule has 1 N–H and O–H groups in total. The molecule has 1 nitrogen and oxygen atoms in total. The van der Waals surface area contributed by atoms with Crippen molar-refractivity contribution in [3.8, 4) is 0 Å². The fraction of sp³-hybridized carbons (Fsp3) is 0.625. The van der Waals surface area contributed by atoms with Crippen molar-refractivity contribution in [3.05, 3.63) is 34.9 Å². The summed E-state index contributed by atoms with van der Waals surface area (Å²) in [6.07, 6.45) is 2.59. The standard InChI is InChI=1S/C16H25N/c1-5-9-17-16(15-10-12(15)3)14-8-6-7-11(2)13(14)4/h6-8,12,15-17H,5,9-10H2,1-4H3. The largest absolute Gasteiger partial charge is 0.310 e. The molecule has 2 rings (SSSR count). The summed E-state index contributed by atoms with van der Waals surface area (Å²) in [4.78, 5) is 0. The third-order valence-corrected chi connectivity index (χ3v) is 4.20. The maximum Gasteiger partial charge on any atom is 0.0354 e. The average Bonchev–Trinajstić information content (AvgIpc) is 3.02. The number of benzene rings is 1. The van der Waals surface area contributed by atoms with Crippen LogP contribution in [0.1, 0.15) is 49.4 Å². The molecule has 3 atom stereocenters. The molecule has 1 aromatic carbocycles. The minimum Gasteiger partial charge on any atom is -0.310 e. The van der Waals surface area contributed by atoms with Crippen molar-refractivity contribution in [3.63, 3.8) is 0 Å². The lowest BCUT2D eigenvalue weighted by Gasteiger charge is -2.22. The van der Waals surface area contributed by atoms with Crippen molar-refractivity contribution >= 4 is 0 Å². The number of rotatable bonds is 5. The SMILES string of the molecule is CCCNC(c1cccc(C)c1C)C1CC1C. The van der Waals surface area contributed by atoms with E-state index in [1.54, 1.807) is 0 Å². The minimum atomic E-state index is 0.574. The van der Waals surface area contributed by atoms with Gasteiger partial charge in [0, 0.05) is 6.04 Å². The molecule has 0 aromatic heterocycles. The summed E-state index contributed by atoms with van der Waals surface area (Å²) in [5.74, 6) is 1.74. The van der Waals surface area contributed by atoms with Crippen LogP contribution in [0.4, 0.5) is 0 Å². The van der Waals surface area contributed by atoms with E-state index in [0.717, 1.165) is 18.4 Å². The van der Waals surface area contributed by atoms with E-state index in [-0.39, 0.29) is 0 Å². The fourth-order valence-corrected chi connectivity index (χ4v) is 2.72. The lowest BCUT2D eigenvalue weighted by molar-refractivity contribution is 0.461. The van der Waals surface area contributed by atoms with Gasteiger partial charge < -0.3 is 5.32 Å². The van der Waals surface area contributed by atoms with Gasteiger partial charge in [-0.2, -0.15) is 0 Å².